The number of hydrogen-bond donors (Lipinski definition) is 2. The maximum absolute atomic E-state index is 12.7. The average molecular weight is 456 g/mol. The summed E-state index contributed by atoms with van der Waals surface area (Å²) in [5.41, 5.74) is 0. The van der Waals surface area contributed by atoms with E-state index in [0.29, 0.717) is 17.2 Å². The normalized spacial score (nSPS) is 12.1. The lowest BCUT2D eigenvalue weighted by atomic mass is 10.2. The Labute approximate surface area is 179 Å². The number of carbonyl (C=O) groups is 2. The topological polar surface area (TPSA) is 124 Å². The van der Waals surface area contributed by atoms with E-state index in [1.165, 1.54) is 37.6 Å². The number of benzene rings is 1. The Hall–Kier alpha value is -2.69. The van der Waals surface area contributed by atoms with Gasteiger partial charge in [0, 0.05) is 24.2 Å². The molecule has 1 atom stereocenters. The number of aromatic nitrogens is 1. The molecule has 0 aliphatic rings. The molecular weight excluding hydrogens is 434 g/mol. The zero-order valence-electron chi connectivity index (χ0n) is 16.2. The predicted octanol–water partition coefficient (Wildman–Crippen LogP) is 1.53. The summed E-state index contributed by atoms with van der Waals surface area (Å²) in [4.78, 5) is 27.6. The van der Waals surface area contributed by atoms with Crippen molar-refractivity contribution in [3.8, 4) is 5.75 Å². The van der Waals surface area contributed by atoms with Gasteiger partial charge in [0.15, 0.2) is 0 Å². The van der Waals surface area contributed by atoms with Gasteiger partial charge in [-0.1, -0.05) is 11.6 Å². The second-order valence-corrected chi connectivity index (χ2v) is 8.25. The van der Waals surface area contributed by atoms with Crippen LogP contribution >= 0.6 is 11.6 Å². The lowest BCUT2D eigenvalue weighted by Gasteiger charge is -2.19. The maximum Gasteiger partial charge on any atom is 0.305 e. The summed E-state index contributed by atoms with van der Waals surface area (Å²) in [6, 6.07) is 7.59. The SMILES string of the molecule is COC(=O)CCCNC(=O)C(COc1cccnc1)NS(=O)(=O)c1ccc(Cl)cc1. The summed E-state index contributed by atoms with van der Waals surface area (Å²) in [6.45, 7) is -0.0959. The fourth-order valence-electron chi connectivity index (χ4n) is 2.31. The first-order valence-corrected chi connectivity index (χ1v) is 10.8. The molecule has 30 heavy (non-hydrogen) atoms. The van der Waals surface area contributed by atoms with Crippen molar-refractivity contribution in [3.05, 3.63) is 53.8 Å². The fourth-order valence-corrected chi connectivity index (χ4v) is 3.62. The molecule has 0 spiro atoms. The summed E-state index contributed by atoms with van der Waals surface area (Å²) < 4.78 is 37.7. The number of sulfonamides is 1. The van der Waals surface area contributed by atoms with E-state index < -0.39 is 27.9 Å². The molecule has 0 bridgehead atoms. The number of ether oxygens (including phenoxy) is 2. The number of halogens is 1. The molecule has 0 aliphatic heterocycles. The predicted molar refractivity (Wildman–Crippen MR) is 110 cm³/mol. The first kappa shape index (κ1) is 23.6. The molecule has 2 rings (SSSR count). The largest absolute Gasteiger partial charge is 0.490 e. The van der Waals surface area contributed by atoms with Crippen LogP contribution in [0.5, 0.6) is 5.75 Å². The molecule has 9 nitrogen and oxygen atoms in total. The number of methoxy groups -OCH3 is 1. The second-order valence-electron chi connectivity index (χ2n) is 6.10. The van der Waals surface area contributed by atoms with Crippen LogP contribution in [0.1, 0.15) is 12.8 Å². The molecule has 1 unspecified atom stereocenters. The molecule has 1 aromatic heterocycles. The number of esters is 1. The van der Waals surface area contributed by atoms with Crippen molar-refractivity contribution in [2.24, 2.45) is 0 Å². The van der Waals surface area contributed by atoms with E-state index >= 15 is 0 Å². The van der Waals surface area contributed by atoms with Crippen LogP contribution in [-0.4, -0.2) is 51.6 Å². The maximum atomic E-state index is 12.7. The van der Waals surface area contributed by atoms with E-state index in [-0.39, 0.29) is 24.5 Å². The van der Waals surface area contributed by atoms with Gasteiger partial charge in [-0.2, -0.15) is 4.72 Å². The molecule has 0 saturated heterocycles. The van der Waals surface area contributed by atoms with Crippen molar-refractivity contribution in [2.45, 2.75) is 23.8 Å². The van der Waals surface area contributed by atoms with Crippen molar-refractivity contribution in [1.82, 2.24) is 15.0 Å². The molecule has 11 heteroatoms. The van der Waals surface area contributed by atoms with Gasteiger partial charge >= 0.3 is 5.97 Å². The Bertz CT molecular complexity index is 939. The van der Waals surface area contributed by atoms with Crippen molar-refractivity contribution < 1.29 is 27.5 Å². The lowest BCUT2D eigenvalue weighted by Crippen LogP contribution is -2.50. The van der Waals surface area contributed by atoms with Crippen LogP contribution in [0.4, 0.5) is 0 Å². The molecule has 162 valence electrons. The van der Waals surface area contributed by atoms with Crippen molar-refractivity contribution >= 4 is 33.5 Å². The Balaban J connectivity index is 2.06. The van der Waals surface area contributed by atoms with Gasteiger partial charge in [0.05, 0.1) is 18.2 Å². The standard InChI is InChI=1S/C19H22ClN3O6S/c1-28-18(24)5-3-11-22-19(25)17(13-29-15-4-2-10-21-12-15)23-30(26,27)16-8-6-14(20)7-9-16/h2,4,6-10,12,17,23H,3,5,11,13H2,1H3,(H,22,25). The zero-order valence-corrected chi connectivity index (χ0v) is 17.8. The Kier molecular flexibility index (Phi) is 9.03. The number of nitrogens with one attached hydrogen (secondary N) is 2. The van der Waals surface area contributed by atoms with Gasteiger partial charge in [-0.05, 0) is 42.8 Å². The van der Waals surface area contributed by atoms with Gasteiger partial charge in [0.2, 0.25) is 15.9 Å². The van der Waals surface area contributed by atoms with Gasteiger partial charge < -0.3 is 14.8 Å². The van der Waals surface area contributed by atoms with Crippen molar-refractivity contribution in [3.63, 3.8) is 0 Å². The van der Waals surface area contributed by atoms with Gasteiger partial charge in [-0.15, -0.1) is 0 Å². The number of pyridine rings is 1. The van der Waals surface area contributed by atoms with Crippen LogP contribution in [-0.2, 0) is 24.3 Å². The smallest absolute Gasteiger partial charge is 0.305 e. The van der Waals surface area contributed by atoms with Crippen LogP contribution in [0.3, 0.4) is 0 Å². The summed E-state index contributed by atoms with van der Waals surface area (Å²) in [7, 11) is -2.74. The number of carbonyl (C=O) groups excluding carboxylic acids is 2. The van der Waals surface area contributed by atoms with Crippen LogP contribution in [0.25, 0.3) is 0 Å². The molecule has 0 aliphatic carbocycles. The van der Waals surface area contributed by atoms with E-state index in [1.807, 2.05) is 0 Å². The van der Waals surface area contributed by atoms with Crippen LogP contribution in [0, 0.1) is 0 Å². The van der Waals surface area contributed by atoms with E-state index in [0.717, 1.165) is 0 Å². The van der Waals surface area contributed by atoms with Crippen molar-refractivity contribution in [2.75, 3.05) is 20.3 Å². The molecule has 1 heterocycles. The van der Waals surface area contributed by atoms with Gasteiger partial charge in [0.25, 0.3) is 0 Å². The van der Waals surface area contributed by atoms with Crippen LogP contribution in [0.15, 0.2) is 53.7 Å². The second kappa shape index (κ2) is 11.5. The quantitative estimate of drug-likeness (QED) is 0.389. The first-order chi connectivity index (χ1) is 14.3. The molecule has 0 fully saturated rings. The molecule has 2 N–H and O–H groups in total. The minimum Gasteiger partial charge on any atom is -0.490 e. The fraction of sp³-hybridized carbons (Fsp3) is 0.316. The molecular formula is C19H22ClN3O6S. The molecule has 0 saturated carbocycles. The van der Waals surface area contributed by atoms with Crippen LogP contribution in [0.2, 0.25) is 5.02 Å². The average Bonchev–Trinajstić information content (AvgIpc) is 2.74. The lowest BCUT2D eigenvalue weighted by molar-refractivity contribution is -0.140. The van der Waals surface area contributed by atoms with Gasteiger partial charge in [-0.25, -0.2) is 8.42 Å². The minimum absolute atomic E-state index is 0.0447. The Morgan fingerprint density at radius 2 is 1.93 bits per heavy atom. The number of rotatable bonds is 11. The Morgan fingerprint density at radius 1 is 1.20 bits per heavy atom. The van der Waals surface area contributed by atoms with Crippen molar-refractivity contribution in [1.29, 1.82) is 0 Å². The highest BCUT2D eigenvalue weighted by Crippen LogP contribution is 2.15. The summed E-state index contributed by atoms with van der Waals surface area (Å²) >= 11 is 5.80. The van der Waals surface area contributed by atoms with E-state index in [4.69, 9.17) is 16.3 Å². The first-order valence-electron chi connectivity index (χ1n) is 8.97. The Morgan fingerprint density at radius 3 is 2.57 bits per heavy atom. The van der Waals surface area contributed by atoms with E-state index in [9.17, 15) is 18.0 Å². The summed E-state index contributed by atoms with van der Waals surface area (Å²) in [5, 5.41) is 2.97. The van der Waals surface area contributed by atoms with Gasteiger partial charge in [0.1, 0.15) is 18.4 Å². The zero-order chi connectivity index (χ0) is 22.0. The highest BCUT2D eigenvalue weighted by Gasteiger charge is 2.26. The van der Waals surface area contributed by atoms with Gasteiger partial charge in [-0.3, -0.25) is 14.6 Å². The molecule has 1 aromatic carbocycles. The van der Waals surface area contributed by atoms with E-state index in [1.54, 1.807) is 18.3 Å². The third kappa shape index (κ3) is 7.62. The minimum atomic E-state index is -4.01. The molecule has 0 radical (unpaired) electrons. The summed E-state index contributed by atoms with van der Waals surface area (Å²) in [6.07, 6.45) is 3.48. The number of nitrogens with zero attached hydrogens (tertiary/aromatic N) is 1. The summed E-state index contributed by atoms with van der Waals surface area (Å²) in [5.74, 6) is -0.614. The molecule has 1 amide bonds. The highest BCUT2D eigenvalue weighted by atomic mass is 35.5. The number of amides is 1. The molecule has 2 aromatic rings. The third-order valence-electron chi connectivity index (χ3n) is 3.87. The van der Waals surface area contributed by atoms with Crippen LogP contribution < -0.4 is 14.8 Å². The monoisotopic (exact) mass is 455 g/mol. The van der Waals surface area contributed by atoms with E-state index in [2.05, 4.69) is 19.8 Å². The number of hydrogen-bond acceptors (Lipinski definition) is 7. The third-order valence-corrected chi connectivity index (χ3v) is 5.61. The highest BCUT2D eigenvalue weighted by molar-refractivity contribution is 7.89.